The lowest BCUT2D eigenvalue weighted by Crippen LogP contribution is -2.19. The van der Waals surface area contributed by atoms with E-state index in [0.717, 1.165) is 5.69 Å². The minimum atomic E-state index is 0.140. The zero-order valence-corrected chi connectivity index (χ0v) is 6.60. The van der Waals surface area contributed by atoms with Crippen LogP contribution in [0.2, 0.25) is 0 Å². The van der Waals surface area contributed by atoms with Gasteiger partial charge in [-0.1, -0.05) is 24.3 Å². The Kier molecular flexibility index (Phi) is 1.67. The van der Waals surface area contributed by atoms with Gasteiger partial charge in [-0.25, -0.2) is 0 Å². The van der Waals surface area contributed by atoms with E-state index in [4.69, 9.17) is 0 Å². The first kappa shape index (κ1) is 7.10. The summed E-state index contributed by atoms with van der Waals surface area (Å²) in [6.07, 6.45) is 4.21. The number of amides is 1. The Balaban J connectivity index is 2.31. The summed E-state index contributed by atoms with van der Waals surface area (Å²) in [7, 11) is 0. The summed E-state index contributed by atoms with van der Waals surface area (Å²) < 4.78 is 0. The van der Waals surface area contributed by atoms with Crippen LogP contribution in [-0.4, -0.2) is 5.91 Å². The number of anilines is 1. The molecule has 1 aliphatic rings. The quantitative estimate of drug-likeness (QED) is 0.613. The molecule has 0 fully saturated rings. The lowest BCUT2D eigenvalue weighted by atomic mass is 10.3. The standard InChI is InChI=1S/C10H9NO/c12-10-7-4-8-11(10)9-5-2-1-3-6-9/h1-6,8H,7H2. The molecule has 1 aliphatic heterocycles. The topological polar surface area (TPSA) is 20.3 Å². The smallest absolute Gasteiger partial charge is 0.234 e. The van der Waals surface area contributed by atoms with Crippen LogP contribution in [0, 0.1) is 0 Å². The van der Waals surface area contributed by atoms with Crippen molar-refractivity contribution in [2.24, 2.45) is 0 Å². The van der Waals surface area contributed by atoms with Crippen molar-refractivity contribution in [2.75, 3.05) is 4.90 Å². The fraction of sp³-hybridized carbons (Fsp3) is 0.100. The van der Waals surface area contributed by atoms with Gasteiger partial charge < -0.3 is 0 Å². The number of rotatable bonds is 1. The third kappa shape index (κ3) is 1.11. The number of carbonyl (C=O) groups excluding carboxylic acids is 1. The zero-order chi connectivity index (χ0) is 8.39. The molecule has 2 heteroatoms. The monoisotopic (exact) mass is 159 g/mol. The second kappa shape index (κ2) is 2.81. The Bertz CT molecular complexity index is 316. The van der Waals surface area contributed by atoms with Gasteiger partial charge in [0.25, 0.3) is 0 Å². The van der Waals surface area contributed by atoms with E-state index in [1.165, 1.54) is 0 Å². The van der Waals surface area contributed by atoms with Gasteiger partial charge in [0.1, 0.15) is 0 Å². The predicted molar refractivity (Wildman–Crippen MR) is 47.7 cm³/mol. The van der Waals surface area contributed by atoms with Crippen molar-refractivity contribution in [2.45, 2.75) is 6.42 Å². The Labute approximate surface area is 71.1 Å². The van der Waals surface area contributed by atoms with Crippen molar-refractivity contribution >= 4 is 11.6 Å². The minimum Gasteiger partial charge on any atom is -0.288 e. The SMILES string of the molecule is O=C1CC=CN1c1ccccc1. The number of benzene rings is 1. The molecule has 0 radical (unpaired) electrons. The summed E-state index contributed by atoms with van der Waals surface area (Å²) in [6.45, 7) is 0. The van der Waals surface area contributed by atoms with E-state index in [0.29, 0.717) is 6.42 Å². The number of para-hydroxylation sites is 1. The van der Waals surface area contributed by atoms with Crippen LogP contribution in [0.4, 0.5) is 5.69 Å². The second-order valence-corrected chi connectivity index (χ2v) is 2.69. The summed E-state index contributed by atoms with van der Waals surface area (Å²) in [5.74, 6) is 0.140. The summed E-state index contributed by atoms with van der Waals surface area (Å²) in [6, 6.07) is 9.64. The minimum absolute atomic E-state index is 0.140. The van der Waals surface area contributed by atoms with E-state index in [1.54, 1.807) is 4.90 Å². The van der Waals surface area contributed by atoms with Crippen LogP contribution in [0.3, 0.4) is 0 Å². The van der Waals surface area contributed by atoms with E-state index in [2.05, 4.69) is 0 Å². The molecule has 1 aromatic carbocycles. The van der Waals surface area contributed by atoms with Gasteiger partial charge in [-0.05, 0) is 12.1 Å². The van der Waals surface area contributed by atoms with Crippen molar-refractivity contribution in [3.63, 3.8) is 0 Å². The largest absolute Gasteiger partial charge is 0.288 e. The Morgan fingerprint density at radius 2 is 1.92 bits per heavy atom. The van der Waals surface area contributed by atoms with Crippen LogP contribution < -0.4 is 4.90 Å². The molecule has 1 heterocycles. The average Bonchev–Trinajstić information content (AvgIpc) is 2.53. The molecular weight excluding hydrogens is 150 g/mol. The molecule has 2 nitrogen and oxygen atoms in total. The highest BCUT2D eigenvalue weighted by atomic mass is 16.2. The predicted octanol–water partition coefficient (Wildman–Crippen LogP) is 1.94. The molecule has 0 aromatic heterocycles. The molecule has 0 aliphatic carbocycles. The van der Waals surface area contributed by atoms with Crippen molar-refractivity contribution in [1.82, 2.24) is 0 Å². The summed E-state index contributed by atoms with van der Waals surface area (Å²) in [4.78, 5) is 12.9. The number of nitrogens with zero attached hydrogens (tertiary/aromatic N) is 1. The van der Waals surface area contributed by atoms with Crippen molar-refractivity contribution in [3.05, 3.63) is 42.6 Å². The molecular formula is C10H9NO. The fourth-order valence-corrected chi connectivity index (χ4v) is 1.26. The fourth-order valence-electron chi connectivity index (χ4n) is 1.26. The molecule has 0 unspecified atom stereocenters. The van der Waals surface area contributed by atoms with Gasteiger partial charge in [0.15, 0.2) is 0 Å². The second-order valence-electron chi connectivity index (χ2n) is 2.69. The van der Waals surface area contributed by atoms with Gasteiger partial charge in [-0.2, -0.15) is 0 Å². The molecule has 0 bridgehead atoms. The highest BCUT2D eigenvalue weighted by Gasteiger charge is 2.15. The van der Waals surface area contributed by atoms with Gasteiger partial charge in [-0.15, -0.1) is 0 Å². The summed E-state index contributed by atoms with van der Waals surface area (Å²) in [5, 5.41) is 0. The van der Waals surface area contributed by atoms with Crippen LogP contribution in [0.1, 0.15) is 6.42 Å². The average molecular weight is 159 g/mol. The first-order valence-corrected chi connectivity index (χ1v) is 3.92. The summed E-state index contributed by atoms with van der Waals surface area (Å²) in [5.41, 5.74) is 0.941. The van der Waals surface area contributed by atoms with Crippen molar-refractivity contribution < 1.29 is 4.79 Å². The maximum Gasteiger partial charge on any atom is 0.234 e. The van der Waals surface area contributed by atoms with Crippen LogP contribution >= 0.6 is 0 Å². The first-order chi connectivity index (χ1) is 5.88. The lowest BCUT2D eigenvalue weighted by molar-refractivity contribution is -0.116. The van der Waals surface area contributed by atoms with Crippen LogP contribution in [-0.2, 0) is 4.79 Å². The van der Waals surface area contributed by atoms with Gasteiger partial charge in [0.05, 0.1) is 0 Å². The molecule has 12 heavy (non-hydrogen) atoms. The van der Waals surface area contributed by atoms with Gasteiger partial charge in [-0.3, -0.25) is 9.69 Å². The maximum atomic E-state index is 11.2. The van der Waals surface area contributed by atoms with Crippen molar-refractivity contribution in [1.29, 1.82) is 0 Å². The number of hydrogen-bond donors (Lipinski definition) is 0. The molecule has 60 valence electrons. The lowest BCUT2D eigenvalue weighted by Gasteiger charge is -2.12. The Morgan fingerprint density at radius 1 is 1.17 bits per heavy atom. The first-order valence-electron chi connectivity index (χ1n) is 3.92. The Morgan fingerprint density at radius 3 is 2.50 bits per heavy atom. The Hall–Kier alpha value is -1.57. The number of carbonyl (C=O) groups is 1. The number of hydrogen-bond acceptors (Lipinski definition) is 1. The molecule has 0 spiro atoms. The third-order valence-electron chi connectivity index (χ3n) is 1.85. The van der Waals surface area contributed by atoms with Crippen LogP contribution in [0.5, 0.6) is 0 Å². The summed E-state index contributed by atoms with van der Waals surface area (Å²) >= 11 is 0. The van der Waals surface area contributed by atoms with Gasteiger partial charge in [0, 0.05) is 18.3 Å². The van der Waals surface area contributed by atoms with Gasteiger partial charge in [0.2, 0.25) is 5.91 Å². The van der Waals surface area contributed by atoms with E-state index in [9.17, 15) is 4.79 Å². The van der Waals surface area contributed by atoms with E-state index in [-0.39, 0.29) is 5.91 Å². The molecule has 0 atom stereocenters. The highest BCUT2D eigenvalue weighted by Crippen LogP contribution is 2.18. The van der Waals surface area contributed by atoms with E-state index >= 15 is 0 Å². The zero-order valence-electron chi connectivity index (χ0n) is 6.60. The van der Waals surface area contributed by atoms with Crippen LogP contribution in [0.15, 0.2) is 42.6 Å². The molecule has 0 N–H and O–H groups in total. The molecule has 2 rings (SSSR count). The third-order valence-corrected chi connectivity index (χ3v) is 1.85. The normalized spacial score (nSPS) is 15.7. The molecule has 0 saturated heterocycles. The van der Waals surface area contributed by atoms with E-state index in [1.807, 2.05) is 42.6 Å². The van der Waals surface area contributed by atoms with Gasteiger partial charge >= 0.3 is 0 Å². The highest BCUT2D eigenvalue weighted by molar-refractivity contribution is 5.98. The molecule has 0 saturated carbocycles. The van der Waals surface area contributed by atoms with E-state index < -0.39 is 0 Å². The molecule has 1 amide bonds. The maximum absolute atomic E-state index is 11.2. The molecule has 1 aromatic rings. The van der Waals surface area contributed by atoms with Crippen molar-refractivity contribution in [3.8, 4) is 0 Å². The van der Waals surface area contributed by atoms with Crippen LogP contribution in [0.25, 0.3) is 0 Å².